The van der Waals surface area contributed by atoms with Gasteiger partial charge in [0.2, 0.25) is 5.91 Å². The molecule has 6 heteroatoms. The number of hydrogen-bond acceptors (Lipinski definition) is 2. The Morgan fingerprint density at radius 3 is 2.46 bits per heavy atom. The lowest BCUT2D eigenvalue weighted by molar-refractivity contribution is -0.129. The Bertz CT molecular complexity index is 638. The first-order chi connectivity index (χ1) is 12.5. The predicted octanol–water partition coefficient (Wildman–Crippen LogP) is 3.88. The van der Waals surface area contributed by atoms with E-state index >= 15 is 0 Å². The van der Waals surface area contributed by atoms with Crippen LogP contribution in [0.25, 0.3) is 0 Å². The number of benzene rings is 1. The number of halogens is 1. The fourth-order valence-corrected chi connectivity index (χ4v) is 4.37. The van der Waals surface area contributed by atoms with E-state index in [0.717, 1.165) is 31.2 Å². The van der Waals surface area contributed by atoms with Crippen LogP contribution in [-0.2, 0) is 4.79 Å². The summed E-state index contributed by atoms with van der Waals surface area (Å²) in [5, 5.41) is 6.99. The van der Waals surface area contributed by atoms with Crippen LogP contribution < -0.4 is 10.6 Å². The predicted molar refractivity (Wildman–Crippen MR) is 103 cm³/mol. The molecule has 1 atom stereocenters. The second-order valence-corrected chi connectivity index (χ2v) is 7.91. The van der Waals surface area contributed by atoms with Gasteiger partial charge in [-0.15, -0.1) is 0 Å². The zero-order valence-electron chi connectivity index (χ0n) is 15.3. The van der Waals surface area contributed by atoms with Crippen molar-refractivity contribution in [3.8, 4) is 0 Å². The molecule has 1 heterocycles. The quantitative estimate of drug-likeness (QED) is 0.836. The minimum atomic E-state index is -0.122. The summed E-state index contributed by atoms with van der Waals surface area (Å²) >= 11 is 6.17. The van der Waals surface area contributed by atoms with E-state index in [9.17, 15) is 9.59 Å². The van der Waals surface area contributed by atoms with Crippen molar-refractivity contribution in [2.45, 2.75) is 57.5 Å². The molecule has 2 fully saturated rings. The van der Waals surface area contributed by atoms with Crippen LogP contribution in [0.15, 0.2) is 24.3 Å². The number of hydrogen-bond donors (Lipinski definition) is 2. The molecular weight excluding hydrogens is 350 g/mol. The maximum Gasteiger partial charge on any atom is 0.315 e. The molecular formula is C20H28ClN3O2. The van der Waals surface area contributed by atoms with Crippen LogP contribution in [0.5, 0.6) is 0 Å². The lowest BCUT2D eigenvalue weighted by atomic mass is 9.91. The Morgan fingerprint density at radius 1 is 1.15 bits per heavy atom. The van der Waals surface area contributed by atoms with Gasteiger partial charge in [0, 0.05) is 31.1 Å². The van der Waals surface area contributed by atoms with E-state index in [1.54, 1.807) is 6.92 Å². The lowest BCUT2D eigenvalue weighted by Gasteiger charge is -2.32. The second-order valence-electron chi connectivity index (χ2n) is 7.48. The van der Waals surface area contributed by atoms with E-state index in [-0.39, 0.29) is 24.0 Å². The Hall–Kier alpha value is -1.75. The number of carbonyl (C=O) groups excluding carboxylic acids is 2. The van der Waals surface area contributed by atoms with Crippen LogP contribution in [0.3, 0.4) is 0 Å². The van der Waals surface area contributed by atoms with Gasteiger partial charge in [-0.25, -0.2) is 4.79 Å². The molecule has 3 amide bonds. The number of nitrogens with one attached hydrogen (secondary N) is 2. The monoisotopic (exact) mass is 377 g/mol. The first-order valence-electron chi connectivity index (χ1n) is 9.61. The molecule has 142 valence electrons. The maximum atomic E-state index is 12.6. The van der Waals surface area contributed by atoms with Gasteiger partial charge in [0.15, 0.2) is 0 Å². The van der Waals surface area contributed by atoms with Gasteiger partial charge in [-0.3, -0.25) is 4.79 Å². The van der Waals surface area contributed by atoms with Gasteiger partial charge < -0.3 is 15.5 Å². The zero-order chi connectivity index (χ0) is 18.5. The summed E-state index contributed by atoms with van der Waals surface area (Å²) in [5.41, 5.74) is 1.07. The Kier molecular flexibility index (Phi) is 6.41. The van der Waals surface area contributed by atoms with E-state index in [0.29, 0.717) is 24.0 Å². The average Bonchev–Trinajstić information content (AvgIpc) is 3.14. The number of amides is 3. The summed E-state index contributed by atoms with van der Waals surface area (Å²) in [6.45, 7) is 3.01. The first-order valence-corrected chi connectivity index (χ1v) is 9.98. The molecule has 1 saturated heterocycles. The average molecular weight is 378 g/mol. The normalized spacial score (nSPS) is 20.0. The van der Waals surface area contributed by atoms with Crippen LogP contribution in [0, 0.1) is 5.92 Å². The number of rotatable bonds is 4. The van der Waals surface area contributed by atoms with Crippen molar-refractivity contribution in [2.75, 3.05) is 13.1 Å². The van der Waals surface area contributed by atoms with Crippen molar-refractivity contribution in [3.63, 3.8) is 0 Å². The Labute approximate surface area is 160 Å². The lowest BCUT2D eigenvalue weighted by Crippen LogP contribution is -2.49. The summed E-state index contributed by atoms with van der Waals surface area (Å²) in [6, 6.07) is 7.79. The third kappa shape index (κ3) is 4.91. The number of nitrogens with zero attached hydrogens (tertiary/aromatic N) is 1. The Morgan fingerprint density at radius 2 is 1.85 bits per heavy atom. The molecule has 0 aromatic heterocycles. The summed E-state index contributed by atoms with van der Waals surface area (Å²) in [7, 11) is 0. The smallest absolute Gasteiger partial charge is 0.315 e. The minimum Gasteiger partial charge on any atom is -0.343 e. The van der Waals surface area contributed by atoms with E-state index in [4.69, 9.17) is 11.6 Å². The standard InChI is InChI=1S/C20H28ClN3O2/c1-14(25)24-11-9-18(10-12-24)22-20(26)23-19(15-5-2-3-6-15)16-7-4-8-17(21)13-16/h4,7-8,13,15,18-19H,2-3,5-6,9-12H2,1H3,(H2,22,23,26)/t19-/m0/s1. The Balaban J connectivity index is 1.60. The van der Waals surface area contributed by atoms with Crippen molar-refractivity contribution in [3.05, 3.63) is 34.9 Å². The molecule has 0 spiro atoms. The van der Waals surface area contributed by atoms with Crippen molar-refractivity contribution in [1.29, 1.82) is 0 Å². The highest BCUT2D eigenvalue weighted by Gasteiger charge is 2.29. The van der Waals surface area contributed by atoms with Crippen LogP contribution in [-0.4, -0.2) is 36.0 Å². The molecule has 1 aliphatic carbocycles. The van der Waals surface area contributed by atoms with Gasteiger partial charge >= 0.3 is 6.03 Å². The van der Waals surface area contributed by atoms with Crippen LogP contribution in [0.2, 0.25) is 5.02 Å². The fourth-order valence-electron chi connectivity index (χ4n) is 4.17. The molecule has 26 heavy (non-hydrogen) atoms. The number of urea groups is 1. The van der Waals surface area contributed by atoms with Gasteiger partial charge in [-0.05, 0) is 49.3 Å². The number of likely N-dealkylation sites (tertiary alicyclic amines) is 1. The van der Waals surface area contributed by atoms with E-state index in [1.165, 1.54) is 12.8 Å². The van der Waals surface area contributed by atoms with Crippen LogP contribution in [0.1, 0.15) is 57.1 Å². The summed E-state index contributed by atoms with van der Waals surface area (Å²) in [4.78, 5) is 25.9. The number of piperidine rings is 1. The molecule has 2 N–H and O–H groups in total. The van der Waals surface area contributed by atoms with Crippen molar-refractivity contribution >= 4 is 23.5 Å². The largest absolute Gasteiger partial charge is 0.343 e. The van der Waals surface area contributed by atoms with Gasteiger partial charge in [0.1, 0.15) is 0 Å². The molecule has 5 nitrogen and oxygen atoms in total. The van der Waals surface area contributed by atoms with Crippen molar-refractivity contribution in [2.24, 2.45) is 5.92 Å². The highest BCUT2D eigenvalue weighted by molar-refractivity contribution is 6.30. The van der Waals surface area contributed by atoms with Gasteiger partial charge in [0.25, 0.3) is 0 Å². The molecule has 1 aromatic carbocycles. The van der Waals surface area contributed by atoms with E-state index in [2.05, 4.69) is 10.6 Å². The SMILES string of the molecule is CC(=O)N1CCC(NC(=O)N[C@H](c2cccc(Cl)c2)C2CCCC2)CC1. The van der Waals surface area contributed by atoms with Crippen LogP contribution in [0.4, 0.5) is 4.79 Å². The minimum absolute atomic E-state index is 0.00601. The highest BCUT2D eigenvalue weighted by Crippen LogP contribution is 2.36. The first kappa shape index (κ1) is 19.0. The molecule has 0 radical (unpaired) electrons. The van der Waals surface area contributed by atoms with Crippen molar-refractivity contribution < 1.29 is 9.59 Å². The summed E-state index contributed by atoms with van der Waals surface area (Å²) in [5.74, 6) is 0.564. The summed E-state index contributed by atoms with van der Waals surface area (Å²) in [6.07, 6.45) is 6.31. The third-order valence-electron chi connectivity index (χ3n) is 5.64. The van der Waals surface area contributed by atoms with Crippen LogP contribution >= 0.6 is 11.6 Å². The fraction of sp³-hybridized carbons (Fsp3) is 0.600. The molecule has 0 bridgehead atoms. The van der Waals surface area contributed by atoms with E-state index < -0.39 is 0 Å². The molecule has 3 rings (SSSR count). The van der Waals surface area contributed by atoms with Gasteiger partial charge in [-0.1, -0.05) is 36.6 Å². The maximum absolute atomic E-state index is 12.6. The molecule has 2 aliphatic rings. The molecule has 1 aliphatic heterocycles. The topological polar surface area (TPSA) is 61.4 Å². The zero-order valence-corrected chi connectivity index (χ0v) is 16.1. The highest BCUT2D eigenvalue weighted by atomic mass is 35.5. The van der Waals surface area contributed by atoms with E-state index in [1.807, 2.05) is 29.2 Å². The summed E-state index contributed by atoms with van der Waals surface area (Å²) < 4.78 is 0. The molecule has 1 aromatic rings. The van der Waals surface area contributed by atoms with Gasteiger partial charge in [-0.2, -0.15) is 0 Å². The molecule has 0 unspecified atom stereocenters. The second kappa shape index (κ2) is 8.76. The number of carbonyl (C=O) groups is 2. The van der Waals surface area contributed by atoms with Crippen molar-refractivity contribution in [1.82, 2.24) is 15.5 Å². The third-order valence-corrected chi connectivity index (χ3v) is 5.88. The van der Waals surface area contributed by atoms with Gasteiger partial charge in [0.05, 0.1) is 6.04 Å². The molecule has 1 saturated carbocycles.